The number of halogens is 1. The van der Waals surface area contributed by atoms with Crippen LogP contribution < -0.4 is 10.1 Å². The average molecular weight is 270 g/mol. The maximum atomic E-state index is 5.47. The van der Waals surface area contributed by atoms with Gasteiger partial charge in [0.2, 0.25) is 0 Å². The summed E-state index contributed by atoms with van der Waals surface area (Å²) < 4.78 is 6.49. The van der Waals surface area contributed by atoms with Crippen molar-refractivity contribution in [2.24, 2.45) is 0 Å². The van der Waals surface area contributed by atoms with E-state index in [1.807, 2.05) is 6.07 Å². The Bertz CT molecular complexity index is 359. The number of rotatable bonds is 2. The molecule has 1 aliphatic rings. The molecule has 0 saturated carbocycles. The molecule has 0 amide bonds. The first-order chi connectivity index (χ1) is 7.17. The molecule has 82 valence electrons. The first kappa shape index (κ1) is 11.0. The summed E-state index contributed by atoms with van der Waals surface area (Å²) in [7, 11) is 1.72. The Morgan fingerprint density at radius 2 is 2.27 bits per heavy atom. The highest BCUT2D eigenvalue weighted by Crippen LogP contribution is 2.39. The minimum Gasteiger partial charge on any atom is -0.495 e. The van der Waals surface area contributed by atoms with Gasteiger partial charge >= 0.3 is 0 Å². The summed E-state index contributed by atoms with van der Waals surface area (Å²) in [6.45, 7) is 3.33. The molecule has 1 aromatic rings. The smallest absolute Gasteiger partial charge is 0.138 e. The van der Waals surface area contributed by atoms with Gasteiger partial charge in [0.15, 0.2) is 0 Å². The van der Waals surface area contributed by atoms with E-state index in [-0.39, 0.29) is 5.54 Å². The molecule has 0 bridgehead atoms. The Morgan fingerprint density at radius 1 is 1.47 bits per heavy atom. The van der Waals surface area contributed by atoms with Crippen LogP contribution in [0.3, 0.4) is 0 Å². The van der Waals surface area contributed by atoms with Gasteiger partial charge < -0.3 is 10.1 Å². The molecule has 0 radical (unpaired) electrons. The minimum atomic E-state index is 0.0646. The molecular weight excluding hydrogens is 254 g/mol. The highest BCUT2D eigenvalue weighted by Gasteiger charge is 2.33. The maximum Gasteiger partial charge on any atom is 0.138 e. The van der Waals surface area contributed by atoms with Crippen molar-refractivity contribution in [3.05, 3.63) is 28.2 Å². The van der Waals surface area contributed by atoms with Gasteiger partial charge in [0.25, 0.3) is 0 Å². The van der Waals surface area contributed by atoms with Gasteiger partial charge in [-0.1, -0.05) is 12.1 Å². The Hall–Kier alpha value is -0.540. The van der Waals surface area contributed by atoms with Gasteiger partial charge in [-0.2, -0.15) is 0 Å². The van der Waals surface area contributed by atoms with E-state index >= 15 is 0 Å². The van der Waals surface area contributed by atoms with E-state index in [0.717, 1.165) is 16.8 Å². The van der Waals surface area contributed by atoms with Crippen LogP contribution >= 0.6 is 15.9 Å². The quantitative estimate of drug-likeness (QED) is 0.891. The van der Waals surface area contributed by atoms with Crippen LogP contribution in [0.2, 0.25) is 0 Å². The standard InChI is InChI=1S/C12H16BrNO/c1-12(7-4-8-14-12)9-5-3-6-10(13)11(9)15-2/h3,5-6,14H,4,7-8H2,1-2H3. The topological polar surface area (TPSA) is 21.3 Å². The monoisotopic (exact) mass is 269 g/mol. The third-order valence-electron chi connectivity index (χ3n) is 3.13. The van der Waals surface area contributed by atoms with Crippen molar-refractivity contribution < 1.29 is 4.74 Å². The van der Waals surface area contributed by atoms with Crippen molar-refractivity contribution in [3.8, 4) is 5.75 Å². The summed E-state index contributed by atoms with van der Waals surface area (Å²) in [5, 5.41) is 3.55. The fourth-order valence-corrected chi connectivity index (χ4v) is 2.80. The second-order valence-corrected chi connectivity index (χ2v) is 5.04. The lowest BCUT2D eigenvalue weighted by molar-refractivity contribution is 0.369. The van der Waals surface area contributed by atoms with Gasteiger partial charge in [-0.25, -0.2) is 0 Å². The van der Waals surface area contributed by atoms with Crippen LogP contribution in [0.4, 0.5) is 0 Å². The predicted molar refractivity (Wildman–Crippen MR) is 65.3 cm³/mol. The summed E-state index contributed by atoms with van der Waals surface area (Å²) in [5.41, 5.74) is 1.31. The Morgan fingerprint density at radius 3 is 2.87 bits per heavy atom. The molecule has 1 aliphatic heterocycles. The zero-order valence-corrected chi connectivity index (χ0v) is 10.7. The van der Waals surface area contributed by atoms with E-state index in [0.29, 0.717) is 0 Å². The summed E-state index contributed by atoms with van der Waals surface area (Å²) in [4.78, 5) is 0. The highest BCUT2D eigenvalue weighted by molar-refractivity contribution is 9.10. The average Bonchev–Trinajstić information content (AvgIpc) is 2.66. The molecule has 2 rings (SSSR count). The lowest BCUT2D eigenvalue weighted by Crippen LogP contribution is -2.33. The van der Waals surface area contributed by atoms with Crippen molar-refractivity contribution in [2.45, 2.75) is 25.3 Å². The van der Waals surface area contributed by atoms with Gasteiger partial charge in [0.05, 0.1) is 11.6 Å². The molecule has 2 nitrogen and oxygen atoms in total. The molecule has 0 aromatic heterocycles. The summed E-state index contributed by atoms with van der Waals surface area (Å²) >= 11 is 3.53. The predicted octanol–water partition coefficient (Wildman–Crippen LogP) is 3.06. The Labute approximate surface area is 99.1 Å². The van der Waals surface area contributed by atoms with E-state index in [9.17, 15) is 0 Å². The van der Waals surface area contributed by atoms with Crippen LogP contribution in [0.15, 0.2) is 22.7 Å². The Kier molecular flexibility index (Phi) is 3.03. The molecule has 15 heavy (non-hydrogen) atoms. The second-order valence-electron chi connectivity index (χ2n) is 4.18. The fourth-order valence-electron chi connectivity index (χ4n) is 2.28. The van der Waals surface area contributed by atoms with E-state index < -0.39 is 0 Å². The molecule has 1 atom stereocenters. The van der Waals surface area contributed by atoms with Gasteiger partial charge in [-0.3, -0.25) is 0 Å². The molecule has 0 aliphatic carbocycles. The number of hydrogen-bond acceptors (Lipinski definition) is 2. The molecular formula is C12H16BrNO. The molecule has 1 N–H and O–H groups in total. The van der Waals surface area contributed by atoms with Gasteiger partial charge in [-0.05, 0) is 48.3 Å². The number of methoxy groups -OCH3 is 1. The molecule has 1 unspecified atom stereocenters. The van der Waals surface area contributed by atoms with Crippen molar-refractivity contribution in [1.29, 1.82) is 0 Å². The second kappa shape index (κ2) is 4.14. The highest BCUT2D eigenvalue weighted by atomic mass is 79.9. The van der Waals surface area contributed by atoms with E-state index in [2.05, 4.69) is 40.3 Å². The summed E-state index contributed by atoms with van der Waals surface area (Å²) in [5.74, 6) is 0.953. The molecule has 1 aromatic carbocycles. The van der Waals surface area contributed by atoms with Gasteiger partial charge in [0, 0.05) is 11.1 Å². The Balaban J connectivity index is 2.47. The van der Waals surface area contributed by atoms with Crippen LogP contribution in [0.5, 0.6) is 5.75 Å². The summed E-state index contributed by atoms with van der Waals surface area (Å²) in [6, 6.07) is 6.22. The van der Waals surface area contributed by atoms with Crippen molar-refractivity contribution in [2.75, 3.05) is 13.7 Å². The fraction of sp³-hybridized carbons (Fsp3) is 0.500. The number of hydrogen-bond donors (Lipinski definition) is 1. The molecule has 0 spiro atoms. The van der Waals surface area contributed by atoms with Gasteiger partial charge in [-0.15, -0.1) is 0 Å². The van der Waals surface area contributed by atoms with Gasteiger partial charge in [0.1, 0.15) is 5.75 Å². The van der Waals surface area contributed by atoms with E-state index in [1.165, 1.54) is 18.4 Å². The zero-order chi connectivity index (χ0) is 10.9. The largest absolute Gasteiger partial charge is 0.495 e. The van der Waals surface area contributed by atoms with Crippen LogP contribution in [-0.4, -0.2) is 13.7 Å². The number of ether oxygens (including phenoxy) is 1. The number of nitrogens with one attached hydrogen (secondary N) is 1. The lowest BCUT2D eigenvalue weighted by Gasteiger charge is -2.27. The first-order valence-electron chi connectivity index (χ1n) is 5.25. The zero-order valence-electron chi connectivity index (χ0n) is 9.14. The third kappa shape index (κ3) is 1.91. The van der Waals surface area contributed by atoms with E-state index in [1.54, 1.807) is 7.11 Å². The molecule has 1 fully saturated rings. The molecule has 1 saturated heterocycles. The normalized spacial score (nSPS) is 25.5. The molecule has 1 heterocycles. The first-order valence-corrected chi connectivity index (χ1v) is 6.05. The number of para-hydroxylation sites is 1. The SMILES string of the molecule is COc1c(Br)cccc1C1(C)CCCN1. The van der Waals surface area contributed by atoms with Crippen LogP contribution in [-0.2, 0) is 5.54 Å². The van der Waals surface area contributed by atoms with E-state index in [4.69, 9.17) is 4.74 Å². The summed E-state index contributed by atoms with van der Waals surface area (Å²) in [6.07, 6.45) is 2.39. The van der Waals surface area contributed by atoms with Crippen molar-refractivity contribution in [3.63, 3.8) is 0 Å². The van der Waals surface area contributed by atoms with Crippen LogP contribution in [0.1, 0.15) is 25.3 Å². The lowest BCUT2D eigenvalue weighted by atomic mass is 9.90. The molecule has 3 heteroatoms. The van der Waals surface area contributed by atoms with Crippen LogP contribution in [0.25, 0.3) is 0 Å². The minimum absolute atomic E-state index is 0.0646. The van der Waals surface area contributed by atoms with Crippen molar-refractivity contribution >= 4 is 15.9 Å². The van der Waals surface area contributed by atoms with Crippen molar-refractivity contribution in [1.82, 2.24) is 5.32 Å². The maximum absolute atomic E-state index is 5.47. The number of benzene rings is 1. The van der Waals surface area contributed by atoms with Crippen LogP contribution in [0, 0.1) is 0 Å². The third-order valence-corrected chi connectivity index (χ3v) is 3.76.